The highest BCUT2D eigenvalue weighted by Gasteiger charge is 2.17. The van der Waals surface area contributed by atoms with Gasteiger partial charge in [-0.1, -0.05) is 6.07 Å². The number of aryl methyl sites for hydroxylation is 1. The van der Waals surface area contributed by atoms with Crippen LogP contribution in [0.5, 0.6) is 0 Å². The predicted molar refractivity (Wildman–Crippen MR) is 77.4 cm³/mol. The number of nitrogens with one attached hydrogen (secondary N) is 2. The number of carbonyl (C=O) groups is 1. The third-order valence-corrected chi connectivity index (χ3v) is 3.75. The van der Waals surface area contributed by atoms with E-state index in [0.717, 1.165) is 30.9 Å². The third kappa shape index (κ3) is 2.99. The molecule has 0 bridgehead atoms. The molecule has 5 nitrogen and oxygen atoms in total. The zero-order chi connectivity index (χ0) is 13.9. The van der Waals surface area contributed by atoms with E-state index in [1.807, 2.05) is 28.9 Å². The fourth-order valence-corrected chi connectivity index (χ4v) is 2.65. The van der Waals surface area contributed by atoms with Crippen LogP contribution in [0.15, 0.2) is 24.5 Å². The van der Waals surface area contributed by atoms with Gasteiger partial charge in [0.05, 0.1) is 12.2 Å². The molecule has 1 fully saturated rings. The quantitative estimate of drug-likeness (QED) is 0.881. The largest absolute Gasteiger partial charge is 0.350 e. The zero-order valence-electron chi connectivity index (χ0n) is 11.7. The minimum atomic E-state index is 0.118. The number of imidazole rings is 1. The molecule has 1 aliphatic rings. The molecular formula is C15H20N4O. The lowest BCUT2D eigenvalue weighted by Gasteiger charge is -2.07. The van der Waals surface area contributed by atoms with Gasteiger partial charge in [-0.15, -0.1) is 0 Å². The van der Waals surface area contributed by atoms with Gasteiger partial charge in [-0.05, 0) is 44.0 Å². The molecular weight excluding hydrogens is 252 g/mol. The van der Waals surface area contributed by atoms with Crippen molar-refractivity contribution in [2.24, 2.45) is 5.92 Å². The smallest absolute Gasteiger partial charge is 0.220 e. The van der Waals surface area contributed by atoms with Crippen molar-refractivity contribution in [1.82, 2.24) is 20.0 Å². The second-order valence-electron chi connectivity index (χ2n) is 5.54. The van der Waals surface area contributed by atoms with Crippen LogP contribution in [0.3, 0.4) is 0 Å². The molecule has 0 saturated carbocycles. The van der Waals surface area contributed by atoms with E-state index in [2.05, 4.69) is 22.5 Å². The highest BCUT2D eigenvalue weighted by atomic mass is 16.1. The van der Waals surface area contributed by atoms with Crippen LogP contribution in [-0.2, 0) is 11.3 Å². The summed E-state index contributed by atoms with van der Waals surface area (Å²) in [6.07, 6.45) is 5.72. The molecule has 1 aliphatic heterocycles. The number of hydrogen-bond acceptors (Lipinski definition) is 3. The van der Waals surface area contributed by atoms with Crippen LogP contribution in [0.25, 0.3) is 5.65 Å². The van der Waals surface area contributed by atoms with Gasteiger partial charge in [-0.2, -0.15) is 0 Å². The minimum absolute atomic E-state index is 0.118. The summed E-state index contributed by atoms with van der Waals surface area (Å²) in [4.78, 5) is 16.4. The summed E-state index contributed by atoms with van der Waals surface area (Å²) >= 11 is 0. The molecule has 5 heteroatoms. The lowest BCUT2D eigenvalue weighted by molar-refractivity contribution is -0.122. The third-order valence-electron chi connectivity index (χ3n) is 3.75. The van der Waals surface area contributed by atoms with Gasteiger partial charge in [0.1, 0.15) is 5.65 Å². The van der Waals surface area contributed by atoms with E-state index in [-0.39, 0.29) is 5.91 Å². The molecule has 3 heterocycles. The molecule has 0 radical (unpaired) electrons. The summed E-state index contributed by atoms with van der Waals surface area (Å²) in [5.74, 6) is 0.602. The monoisotopic (exact) mass is 272 g/mol. The number of aromatic nitrogens is 2. The van der Waals surface area contributed by atoms with Crippen molar-refractivity contribution < 1.29 is 4.79 Å². The van der Waals surface area contributed by atoms with Crippen molar-refractivity contribution in [3.05, 3.63) is 35.8 Å². The number of fused-ring (bicyclic) bond motifs is 1. The molecule has 3 rings (SSSR count). The summed E-state index contributed by atoms with van der Waals surface area (Å²) in [7, 11) is 0. The summed E-state index contributed by atoms with van der Waals surface area (Å²) in [5.41, 5.74) is 3.01. The summed E-state index contributed by atoms with van der Waals surface area (Å²) in [6.45, 7) is 4.54. The van der Waals surface area contributed by atoms with E-state index in [9.17, 15) is 4.79 Å². The van der Waals surface area contributed by atoms with Crippen LogP contribution in [0, 0.1) is 12.8 Å². The molecule has 2 aromatic heterocycles. The van der Waals surface area contributed by atoms with Gasteiger partial charge in [0.15, 0.2) is 0 Å². The van der Waals surface area contributed by atoms with Gasteiger partial charge in [0, 0.05) is 18.8 Å². The van der Waals surface area contributed by atoms with Crippen LogP contribution < -0.4 is 10.6 Å². The number of carbonyl (C=O) groups excluding carboxylic acids is 1. The Labute approximate surface area is 118 Å². The van der Waals surface area contributed by atoms with Gasteiger partial charge < -0.3 is 15.0 Å². The average Bonchev–Trinajstić information content (AvgIpc) is 3.04. The predicted octanol–water partition coefficient (Wildman–Crippen LogP) is 1.26. The second kappa shape index (κ2) is 5.63. The van der Waals surface area contributed by atoms with Gasteiger partial charge in [0.25, 0.3) is 0 Å². The fraction of sp³-hybridized carbons (Fsp3) is 0.467. The normalized spacial score (nSPS) is 18.6. The maximum absolute atomic E-state index is 11.9. The second-order valence-corrected chi connectivity index (χ2v) is 5.54. The molecule has 2 aromatic rings. The number of hydrogen-bond donors (Lipinski definition) is 2. The Morgan fingerprint density at radius 3 is 3.20 bits per heavy atom. The van der Waals surface area contributed by atoms with E-state index in [1.54, 1.807) is 0 Å². The number of amides is 1. The van der Waals surface area contributed by atoms with E-state index in [4.69, 9.17) is 0 Å². The van der Waals surface area contributed by atoms with E-state index >= 15 is 0 Å². The van der Waals surface area contributed by atoms with Crippen LogP contribution >= 0.6 is 0 Å². The Kier molecular flexibility index (Phi) is 3.69. The standard InChI is InChI=1S/C15H20N4O/c1-11-2-3-14-18-13(10-19(14)9-11)8-17-15(20)6-12-4-5-16-7-12/h2-3,9-10,12,16H,4-8H2,1H3,(H,17,20). The first-order valence-corrected chi connectivity index (χ1v) is 7.12. The highest BCUT2D eigenvalue weighted by Crippen LogP contribution is 2.12. The number of nitrogens with zero attached hydrogens (tertiary/aromatic N) is 2. The fourth-order valence-electron chi connectivity index (χ4n) is 2.65. The van der Waals surface area contributed by atoms with Crippen LogP contribution in [0.4, 0.5) is 0 Å². The van der Waals surface area contributed by atoms with Crippen LogP contribution in [0.2, 0.25) is 0 Å². The Hall–Kier alpha value is -1.88. The summed E-state index contributed by atoms with van der Waals surface area (Å²) in [5, 5.41) is 6.24. The first-order valence-electron chi connectivity index (χ1n) is 7.12. The Morgan fingerprint density at radius 2 is 2.40 bits per heavy atom. The van der Waals surface area contributed by atoms with E-state index in [0.29, 0.717) is 18.9 Å². The molecule has 20 heavy (non-hydrogen) atoms. The average molecular weight is 272 g/mol. The maximum atomic E-state index is 11.9. The maximum Gasteiger partial charge on any atom is 0.220 e. The molecule has 1 saturated heterocycles. The minimum Gasteiger partial charge on any atom is -0.350 e. The first-order chi connectivity index (χ1) is 9.70. The molecule has 0 aromatic carbocycles. The molecule has 106 valence electrons. The van der Waals surface area contributed by atoms with Gasteiger partial charge in [-0.3, -0.25) is 4.79 Å². The summed E-state index contributed by atoms with van der Waals surface area (Å²) in [6, 6.07) is 4.03. The molecule has 1 amide bonds. The lowest BCUT2D eigenvalue weighted by Crippen LogP contribution is -2.26. The number of rotatable bonds is 4. The Morgan fingerprint density at radius 1 is 1.50 bits per heavy atom. The van der Waals surface area contributed by atoms with E-state index < -0.39 is 0 Å². The number of pyridine rings is 1. The van der Waals surface area contributed by atoms with Crippen molar-refractivity contribution >= 4 is 11.6 Å². The van der Waals surface area contributed by atoms with E-state index in [1.165, 1.54) is 5.56 Å². The first kappa shape index (κ1) is 13.1. The topological polar surface area (TPSA) is 58.4 Å². The Bertz CT molecular complexity index is 613. The molecule has 1 atom stereocenters. The van der Waals surface area contributed by atoms with Crippen molar-refractivity contribution in [2.45, 2.75) is 26.3 Å². The van der Waals surface area contributed by atoms with Gasteiger partial charge >= 0.3 is 0 Å². The molecule has 0 aliphatic carbocycles. The van der Waals surface area contributed by atoms with Crippen LogP contribution in [0.1, 0.15) is 24.1 Å². The van der Waals surface area contributed by atoms with Crippen LogP contribution in [-0.4, -0.2) is 28.4 Å². The highest BCUT2D eigenvalue weighted by molar-refractivity contribution is 5.76. The molecule has 0 spiro atoms. The SMILES string of the molecule is Cc1ccc2nc(CNC(=O)CC3CCNC3)cn2c1. The summed E-state index contributed by atoms with van der Waals surface area (Å²) < 4.78 is 2.00. The molecule has 1 unspecified atom stereocenters. The van der Waals surface area contributed by atoms with Crippen molar-refractivity contribution in [3.63, 3.8) is 0 Å². The van der Waals surface area contributed by atoms with Gasteiger partial charge in [-0.25, -0.2) is 4.98 Å². The van der Waals surface area contributed by atoms with Gasteiger partial charge in [0.2, 0.25) is 5.91 Å². The van der Waals surface area contributed by atoms with Crippen molar-refractivity contribution in [1.29, 1.82) is 0 Å². The lowest BCUT2D eigenvalue weighted by atomic mass is 10.0. The van der Waals surface area contributed by atoms with Crippen molar-refractivity contribution in [3.8, 4) is 0 Å². The molecule has 2 N–H and O–H groups in total. The Balaban J connectivity index is 1.57. The van der Waals surface area contributed by atoms with Crippen molar-refractivity contribution in [2.75, 3.05) is 13.1 Å². The zero-order valence-corrected chi connectivity index (χ0v) is 11.7.